The molecule has 0 aliphatic carbocycles. The minimum absolute atomic E-state index is 0.0126. The highest BCUT2D eigenvalue weighted by Crippen LogP contribution is 2.42. The molecule has 3 aromatic carbocycles. The van der Waals surface area contributed by atoms with E-state index in [1.807, 2.05) is 18.5 Å². The number of nitrogens with zero attached hydrogens (tertiary/aromatic N) is 2. The zero-order valence-corrected chi connectivity index (χ0v) is 21.0. The lowest BCUT2D eigenvalue weighted by molar-refractivity contribution is 0.593. The summed E-state index contributed by atoms with van der Waals surface area (Å²) < 4.78 is 0. The molecule has 2 heterocycles. The Morgan fingerprint density at radius 3 is 1.97 bits per heavy atom. The number of hydrogen-bond acceptors (Lipinski definition) is 2. The van der Waals surface area contributed by atoms with E-state index < -0.39 is 0 Å². The first-order chi connectivity index (χ1) is 16.1. The van der Waals surface area contributed by atoms with Gasteiger partial charge < -0.3 is 0 Å². The molecule has 0 unspecified atom stereocenters. The van der Waals surface area contributed by atoms with Crippen molar-refractivity contribution in [3.05, 3.63) is 96.3 Å². The average Bonchev–Trinajstić information content (AvgIpc) is 2.82. The molecule has 0 fully saturated rings. The number of aromatic nitrogens is 2. The van der Waals surface area contributed by atoms with Gasteiger partial charge in [-0.05, 0) is 56.8 Å². The van der Waals surface area contributed by atoms with Gasteiger partial charge in [0.15, 0.2) is 0 Å². The fraction of sp³-hybridized carbons (Fsp3) is 0.250. The Morgan fingerprint density at radius 1 is 0.588 bits per heavy atom. The van der Waals surface area contributed by atoms with E-state index in [0.29, 0.717) is 0 Å². The van der Waals surface area contributed by atoms with Gasteiger partial charge in [0, 0.05) is 28.7 Å². The van der Waals surface area contributed by atoms with Crippen molar-refractivity contribution in [3.63, 3.8) is 0 Å². The highest BCUT2D eigenvalue weighted by molar-refractivity contribution is 6.06. The topological polar surface area (TPSA) is 25.8 Å². The zero-order valence-electron chi connectivity index (χ0n) is 21.0. The van der Waals surface area contributed by atoms with Crippen LogP contribution < -0.4 is 0 Å². The van der Waals surface area contributed by atoms with Crippen LogP contribution in [0, 0.1) is 0 Å². The zero-order chi connectivity index (χ0) is 24.1. The summed E-state index contributed by atoms with van der Waals surface area (Å²) in [5.74, 6) is 0. The predicted molar refractivity (Wildman–Crippen MR) is 145 cm³/mol. The first kappa shape index (κ1) is 22.3. The van der Waals surface area contributed by atoms with Crippen LogP contribution in [0.1, 0.15) is 52.7 Å². The molecule has 0 amide bonds. The molecule has 34 heavy (non-hydrogen) atoms. The second kappa shape index (κ2) is 8.06. The summed E-state index contributed by atoms with van der Waals surface area (Å²) in [5, 5.41) is 2.32. The Kier molecular flexibility index (Phi) is 5.28. The maximum absolute atomic E-state index is 5.02. The van der Waals surface area contributed by atoms with Gasteiger partial charge in [-0.3, -0.25) is 9.97 Å². The number of hydrogen-bond donors (Lipinski definition) is 0. The summed E-state index contributed by atoms with van der Waals surface area (Å²) in [6.45, 7) is 13.7. The van der Waals surface area contributed by atoms with E-state index in [-0.39, 0.29) is 10.8 Å². The smallest absolute Gasteiger partial charge is 0.0967 e. The van der Waals surface area contributed by atoms with E-state index in [4.69, 9.17) is 4.98 Å². The molecule has 0 bridgehead atoms. The number of benzene rings is 3. The van der Waals surface area contributed by atoms with Crippen LogP contribution >= 0.6 is 0 Å². The summed E-state index contributed by atoms with van der Waals surface area (Å²) in [5.41, 5.74) is 9.45. The maximum atomic E-state index is 5.02. The van der Waals surface area contributed by atoms with E-state index >= 15 is 0 Å². The van der Waals surface area contributed by atoms with Crippen LogP contribution in [-0.2, 0) is 10.8 Å². The molecular weight excluding hydrogens is 412 g/mol. The van der Waals surface area contributed by atoms with Gasteiger partial charge in [-0.2, -0.15) is 0 Å². The van der Waals surface area contributed by atoms with Crippen LogP contribution in [0.15, 0.2) is 85.2 Å². The van der Waals surface area contributed by atoms with Gasteiger partial charge in [-0.1, -0.05) is 96.1 Å². The molecule has 0 aliphatic rings. The third-order valence-electron chi connectivity index (χ3n) is 6.56. The minimum Gasteiger partial charge on any atom is -0.254 e. The van der Waals surface area contributed by atoms with Gasteiger partial charge in [-0.15, -0.1) is 0 Å². The van der Waals surface area contributed by atoms with Crippen molar-refractivity contribution in [2.75, 3.05) is 0 Å². The molecule has 0 spiro atoms. The van der Waals surface area contributed by atoms with Crippen molar-refractivity contribution in [3.8, 4) is 22.3 Å². The molecule has 0 atom stereocenters. The van der Waals surface area contributed by atoms with E-state index in [1.54, 1.807) is 0 Å². The first-order valence-electron chi connectivity index (χ1n) is 12.0. The van der Waals surface area contributed by atoms with E-state index in [2.05, 4.69) is 113 Å². The van der Waals surface area contributed by atoms with Gasteiger partial charge in [0.2, 0.25) is 0 Å². The molecule has 2 heteroatoms. The predicted octanol–water partition coefficient (Wildman–Crippen LogP) is 8.71. The molecule has 0 radical (unpaired) electrons. The highest BCUT2D eigenvalue weighted by atomic mass is 14.7. The van der Waals surface area contributed by atoms with Gasteiger partial charge >= 0.3 is 0 Å². The van der Waals surface area contributed by atoms with Crippen molar-refractivity contribution < 1.29 is 0 Å². The normalized spacial score (nSPS) is 12.4. The fourth-order valence-electron chi connectivity index (χ4n) is 5.05. The fourth-order valence-corrected chi connectivity index (χ4v) is 5.05. The van der Waals surface area contributed by atoms with Crippen LogP contribution in [-0.4, -0.2) is 9.97 Å². The molecule has 5 aromatic rings. The Bertz CT molecular complexity index is 1500. The summed E-state index contributed by atoms with van der Waals surface area (Å²) in [4.78, 5) is 9.71. The lowest BCUT2D eigenvalue weighted by Crippen LogP contribution is -2.15. The first-order valence-corrected chi connectivity index (χ1v) is 12.0. The Balaban J connectivity index is 1.83. The van der Waals surface area contributed by atoms with Gasteiger partial charge in [0.05, 0.1) is 11.0 Å². The number of rotatable bonds is 2. The molecule has 2 aromatic heterocycles. The van der Waals surface area contributed by atoms with Gasteiger partial charge in [0.1, 0.15) is 0 Å². The lowest BCUT2D eigenvalue weighted by atomic mass is 9.77. The number of pyridine rings is 2. The quantitative estimate of drug-likeness (QED) is 0.254. The molecule has 0 saturated heterocycles. The largest absolute Gasteiger partial charge is 0.254 e. The van der Waals surface area contributed by atoms with Crippen molar-refractivity contribution in [1.29, 1.82) is 0 Å². The highest BCUT2D eigenvalue weighted by Gasteiger charge is 2.25. The van der Waals surface area contributed by atoms with Crippen LogP contribution in [0.2, 0.25) is 0 Å². The average molecular weight is 445 g/mol. The molecule has 0 N–H and O–H groups in total. The van der Waals surface area contributed by atoms with Crippen LogP contribution in [0.3, 0.4) is 0 Å². The third kappa shape index (κ3) is 3.88. The van der Waals surface area contributed by atoms with Gasteiger partial charge in [-0.25, -0.2) is 0 Å². The SMILES string of the molecule is CC(C)(C)c1c(-c2ccccc2)cccc1-c1cnc2c(c1)c(C(C)(C)C)cc1cccnc12. The second-order valence-electron chi connectivity index (χ2n) is 11.2. The summed E-state index contributed by atoms with van der Waals surface area (Å²) >= 11 is 0. The second-order valence-corrected chi connectivity index (χ2v) is 11.2. The van der Waals surface area contributed by atoms with Crippen molar-refractivity contribution in [2.45, 2.75) is 52.4 Å². The lowest BCUT2D eigenvalue weighted by Gasteiger charge is -2.27. The monoisotopic (exact) mass is 444 g/mol. The molecule has 0 saturated carbocycles. The Labute approximate surface area is 202 Å². The molecule has 5 rings (SSSR count). The minimum atomic E-state index is -0.0332. The Hall–Kier alpha value is -3.52. The van der Waals surface area contributed by atoms with Crippen molar-refractivity contribution in [1.82, 2.24) is 9.97 Å². The molecular formula is C32H32N2. The molecule has 170 valence electrons. The summed E-state index contributed by atoms with van der Waals surface area (Å²) in [7, 11) is 0. The third-order valence-corrected chi connectivity index (χ3v) is 6.56. The van der Waals surface area contributed by atoms with E-state index in [1.165, 1.54) is 33.2 Å². The van der Waals surface area contributed by atoms with Crippen LogP contribution in [0.4, 0.5) is 0 Å². The Morgan fingerprint density at radius 2 is 1.29 bits per heavy atom. The summed E-state index contributed by atoms with van der Waals surface area (Å²) in [6, 6.07) is 26.1. The standard InChI is InChI=1S/C32H32N2/c1-31(2,3)27-19-22-14-11-17-33-29(22)30-26(27)18-23(20-34-30)25-16-10-15-24(28(25)32(4,5)6)21-12-8-7-9-13-21/h7-20H,1-6H3. The van der Waals surface area contributed by atoms with E-state index in [0.717, 1.165) is 22.0 Å². The number of fused-ring (bicyclic) bond motifs is 3. The van der Waals surface area contributed by atoms with Gasteiger partial charge in [0.25, 0.3) is 0 Å². The van der Waals surface area contributed by atoms with Crippen LogP contribution in [0.25, 0.3) is 44.1 Å². The maximum Gasteiger partial charge on any atom is 0.0967 e. The molecule has 2 nitrogen and oxygen atoms in total. The van der Waals surface area contributed by atoms with Crippen molar-refractivity contribution in [2.24, 2.45) is 0 Å². The molecule has 0 aliphatic heterocycles. The van der Waals surface area contributed by atoms with E-state index in [9.17, 15) is 0 Å². The van der Waals surface area contributed by atoms with Crippen LogP contribution in [0.5, 0.6) is 0 Å². The van der Waals surface area contributed by atoms with Crippen molar-refractivity contribution >= 4 is 21.8 Å². The summed E-state index contributed by atoms with van der Waals surface area (Å²) in [6.07, 6.45) is 3.89.